The molecule has 3 rings (SSSR count). The molecule has 0 saturated heterocycles. The molecule has 0 N–H and O–H groups in total. The molecule has 4 heteroatoms. The molecule has 2 aromatic carbocycles. The molecule has 1 aliphatic carbocycles. The molecule has 21 heavy (non-hydrogen) atoms. The zero-order chi connectivity index (χ0) is 15.1. The predicted octanol–water partition coefficient (Wildman–Crippen LogP) is 4.03. The molecular weight excluding hydrogens is 274 g/mol. The summed E-state index contributed by atoms with van der Waals surface area (Å²) in [6.07, 6.45) is -0.168. The molecular formula is C17H16F2O2. The number of ether oxygens (including phenoxy) is 2. The van der Waals surface area contributed by atoms with Crippen LogP contribution in [-0.4, -0.2) is 20.1 Å². The molecule has 0 radical (unpaired) electrons. The van der Waals surface area contributed by atoms with Gasteiger partial charge in [0.2, 0.25) is 0 Å². The van der Waals surface area contributed by atoms with Crippen molar-refractivity contribution >= 4 is 0 Å². The highest BCUT2D eigenvalue weighted by atomic mass is 19.3. The number of benzene rings is 2. The van der Waals surface area contributed by atoms with E-state index in [2.05, 4.69) is 0 Å². The minimum absolute atomic E-state index is 0.168. The second-order valence-corrected chi connectivity index (χ2v) is 5.24. The Labute approximate surface area is 122 Å². The van der Waals surface area contributed by atoms with Crippen molar-refractivity contribution in [2.45, 2.75) is 17.8 Å². The minimum Gasteiger partial charge on any atom is -0.497 e. The summed E-state index contributed by atoms with van der Waals surface area (Å²) in [7, 11) is 3.11. The first kappa shape index (κ1) is 13.9. The molecule has 0 heterocycles. The summed E-state index contributed by atoms with van der Waals surface area (Å²) >= 11 is 0. The molecule has 0 bridgehead atoms. The van der Waals surface area contributed by atoms with Gasteiger partial charge in [-0.3, -0.25) is 0 Å². The molecule has 0 aromatic heterocycles. The zero-order valence-corrected chi connectivity index (χ0v) is 11.9. The lowest BCUT2D eigenvalue weighted by Crippen LogP contribution is -2.18. The molecule has 0 aliphatic heterocycles. The molecule has 2 nitrogen and oxygen atoms in total. The van der Waals surface area contributed by atoms with Gasteiger partial charge in [0.25, 0.3) is 5.92 Å². The highest BCUT2D eigenvalue weighted by Gasteiger charge is 2.72. The molecule has 0 atom stereocenters. The summed E-state index contributed by atoms with van der Waals surface area (Å²) in [5.41, 5.74) is -0.0112. The minimum atomic E-state index is -2.73. The standard InChI is InChI=1S/C17H16F2O2/c1-20-14-7-3-12(4-8-14)16(11-17(16,18)19)13-5-9-15(21-2)10-6-13/h3-10H,11H2,1-2H3. The van der Waals surface area contributed by atoms with Crippen molar-refractivity contribution in [2.24, 2.45) is 0 Å². The third-order valence-corrected chi connectivity index (χ3v) is 4.15. The van der Waals surface area contributed by atoms with E-state index in [1.807, 2.05) is 0 Å². The average molecular weight is 290 g/mol. The normalized spacial score (nSPS) is 18.1. The third-order valence-electron chi connectivity index (χ3n) is 4.15. The fourth-order valence-electron chi connectivity index (χ4n) is 2.83. The van der Waals surface area contributed by atoms with E-state index in [9.17, 15) is 8.78 Å². The topological polar surface area (TPSA) is 18.5 Å². The Balaban J connectivity index is 2.03. The van der Waals surface area contributed by atoms with Crippen LogP contribution in [0.3, 0.4) is 0 Å². The lowest BCUT2D eigenvalue weighted by atomic mass is 9.87. The lowest BCUT2D eigenvalue weighted by molar-refractivity contribution is 0.0966. The fraction of sp³-hybridized carbons (Fsp3) is 0.294. The van der Waals surface area contributed by atoms with Gasteiger partial charge in [-0.2, -0.15) is 0 Å². The van der Waals surface area contributed by atoms with E-state index in [4.69, 9.17) is 9.47 Å². The van der Waals surface area contributed by atoms with Crippen molar-refractivity contribution in [1.29, 1.82) is 0 Å². The SMILES string of the molecule is COc1ccc(C2(c3ccc(OC)cc3)CC2(F)F)cc1. The second kappa shape index (κ2) is 4.72. The maximum Gasteiger partial charge on any atom is 0.263 e. The molecule has 0 unspecified atom stereocenters. The van der Waals surface area contributed by atoms with E-state index >= 15 is 0 Å². The smallest absolute Gasteiger partial charge is 0.263 e. The van der Waals surface area contributed by atoms with Gasteiger partial charge in [-0.1, -0.05) is 24.3 Å². The first-order valence-electron chi connectivity index (χ1n) is 6.70. The van der Waals surface area contributed by atoms with E-state index in [-0.39, 0.29) is 6.42 Å². The van der Waals surface area contributed by atoms with Crippen LogP contribution in [0.5, 0.6) is 11.5 Å². The molecule has 1 fully saturated rings. The maximum absolute atomic E-state index is 14.1. The van der Waals surface area contributed by atoms with Crippen LogP contribution < -0.4 is 9.47 Å². The van der Waals surface area contributed by atoms with E-state index in [1.54, 1.807) is 62.8 Å². The van der Waals surface area contributed by atoms with Crippen molar-refractivity contribution in [3.8, 4) is 11.5 Å². The zero-order valence-electron chi connectivity index (χ0n) is 11.9. The molecule has 1 aliphatic rings. The summed E-state index contributed by atoms with van der Waals surface area (Å²) in [4.78, 5) is 0. The number of rotatable bonds is 4. The summed E-state index contributed by atoms with van der Waals surface area (Å²) in [6.45, 7) is 0. The average Bonchev–Trinajstić information content (AvgIpc) is 3.11. The quantitative estimate of drug-likeness (QED) is 0.846. The summed E-state index contributed by atoms with van der Waals surface area (Å²) in [6, 6.07) is 13.7. The van der Waals surface area contributed by atoms with Crippen LogP contribution in [-0.2, 0) is 5.41 Å². The highest BCUT2D eigenvalue weighted by Crippen LogP contribution is 2.65. The van der Waals surface area contributed by atoms with E-state index in [0.29, 0.717) is 22.6 Å². The van der Waals surface area contributed by atoms with Crippen molar-refractivity contribution in [2.75, 3.05) is 14.2 Å². The van der Waals surface area contributed by atoms with Crippen LogP contribution in [0.1, 0.15) is 17.5 Å². The molecule has 110 valence electrons. The van der Waals surface area contributed by atoms with E-state index in [0.717, 1.165) is 0 Å². The van der Waals surface area contributed by atoms with Gasteiger partial charge in [-0.25, -0.2) is 8.78 Å². The van der Waals surface area contributed by atoms with Gasteiger partial charge >= 0.3 is 0 Å². The molecule has 0 amide bonds. The van der Waals surface area contributed by atoms with Gasteiger partial charge in [-0.05, 0) is 35.4 Å². The third kappa shape index (κ3) is 2.06. The molecule has 2 aromatic rings. The monoisotopic (exact) mass is 290 g/mol. The Morgan fingerprint density at radius 2 is 1.10 bits per heavy atom. The Hall–Kier alpha value is -2.10. The maximum atomic E-state index is 14.1. The number of hydrogen-bond donors (Lipinski definition) is 0. The predicted molar refractivity (Wildman–Crippen MR) is 76.3 cm³/mol. The van der Waals surface area contributed by atoms with Gasteiger partial charge in [0.15, 0.2) is 0 Å². The number of halogens is 2. The number of alkyl halides is 2. The highest BCUT2D eigenvalue weighted by molar-refractivity contribution is 5.52. The van der Waals surface area contributed by atoms with Gasteiger partial charge in [0.1, 0.15) is 11.5 Å². The largest absolute Gasteiger partial charge is 0.497 e. The van der Waals surface area contributed by atoms with Crippen molar-refractivity contribution in [3.05, 3.63) is 59.7 Å². The summed E-state index contributed by atoms with van der Waals surface area (Å²) in [5, 5.41) is 0. The summed E-state index contributed by atoms with van der Waals surface area (Å²) < 4.78 is 38.4. The van der Waals surface area contributed by atoms with Gasteiger partial charge in [0.05, 0.1) is 19.6 Å². The number of hydrogen-bond acceptors (Lipinski definition) is 2. The van der Waals surface area contributed by atoms with Gasteiger partial charge < -0.3 is 9.47 Å². The Kier molecular flexibility index (Phi) is 3.12. The van der Waals surface area contributed by atoms with Crippen LogP contribution in [0, 0.1) is 0 Å². The van der Waals surface area contributed by atoms with Gasteiger partial charge in [-0.15, -0.1) is 0 Å². The van der Waals surface area contributed by atoms with Crippen LogP contribution in [0.2, 0.25) is 0 Å². The first-order valence-corrected chi connectivity index (χ1v) is 6.70. The van der Waals surface area contributed by atoms with Crippen molar-refractivity contribution < 1.29 is 18.3 Å². The van der Waals surface area contributed by atoms with Gasteiger partial charge in [0, 0.05) is 6.42 Å². The second-order valence-electron chi connectivity index (χ2n) is 5.24. The van der Waals surface area contributed by atoms with Crippen LogP contribution in [0.25, 0.3) is 0 Å². The first-order chi connectivity index (χ1) is 10.0. The Bertz CT molecular complexity index is 585. The fourth-order valence-corrected chi connectivity index (χ4v) is 2.83. The Morgan fingerprint density at radius 3 is 1.33 bits per heavy atom. The molecule has 1 saturated carbocycles. The lowest BCUT2D eigenvalue weighted by Gasteiger charge is -2.18. The van der Waals surface area contributed by atoms with Crippen LogP contribution in [0.4, 0.5) is 8.78 Å². The van der Waals surface area contributed by atoms with Crippen LogP contribution in [0.15, 0.2) is 48.5 Å². The molecule has 0 spiro atoms. The van der Waals surface area contributed by atoms with Crippen molar-refractivity contribution in [3.63, 3.8) is 0 Å². The van der Waals surface area contributed by atoms with E-state index in [1.165, 1.54) is 0 Å². The Morgan fingerprint density at radius 1 is 0.762 bits per heavy atom. The van der Waals surface area contributed by atoms with Crippen LogP contribution >= 0.6 is 0 Å². The van der Waals surface area contributed by atoms with E-state index < -0.39 is 11.3 Å². The van der Waals surface area contributed by atoms with Crippen molar-refractivity contribution in [1.82, 2.24) is 0 Å². The summed E-state index contributed by atoms with van der Waals surface area (Å²) in [5.74, 6) is -1.41. The number of methoxy groups -OCH3 is 2.